The molecule has 1 aromatic rings. The summed E-state index contributed by atoms with van der Waals surface area (Å²) in [7, 11) is -2.48. The Morgan fingerprint density at radius 2 is 2.18 bits per heavy atom. The molecule has 0 aromatic heterocycles. The Kier molecular flexibility index (Phi) is 2.51. The van der Waals surface area contributed by atoms with Crippen LogP contribution in [0.1, 0.15) is 5.56 Å². The third kappa shape index (κ3) is 1.64. The summed E-state index contributed by atoms with van der Waals surface area (Å²) in [5.74, 6) is -1.75. The van der Waals surface area contributed by atoms with Crippen molar-refractivity contribution in [3.63, 3.8) is 0 Å². The molecule has 1 heterocycles. The summed E-state index contributed by atoms with van der Waals surface area (Å²) in [6.07, 6.45) is 0. The Balaban J connectivity index is 2.85. The van der Waals surface area contributed by atoms with Crippen LogP contribution in [0.4, 0.5) is 15.8 Å². The standard InChI is InChI=1S/C8H6ClFN2O4S/c1-11-7-4(3-17(11,15)16)8(12(13)14)6(10)2-5(7)9/h2H,3H2,1H3. The fraction of sp³-hybridized carbons (Fsp3) is 0.250. The number of nitro benzene ring substituents is 1. The van der Waals surface area contributed by atoms with Gasteiger partial charge in [0, 0.05) is 13.1 Å². The summed E-state index contributed by atoms with van der Waals surface area (Å²) >= 11 is 5.71. The first-order valence-electron chi connectivity index (χ1n) is 4.37. The van der Waals surface area contributed by atoms with Gasteiger partial charge in [0.15, 0.2) is 0 Å². The topological polar surface area (TPSA) is 80.5 Å². The first-order valence-corrected chi connectivity index (χ1v) is 6.36. The number of halogens is 2. The number of sulfonamides is 1. The summed E-state index contributed by atoms with van der Waals surface area (Å²) in [5.41, 5.74) is -1.07. The van der Waals surface area contributed by atoms with E-state index in [9.17, 15) is 22.9 Å². The number of benzene rings is 1. The zero-order chi connectivity index (χ0) is 13.0. The molecule has 1 aliphatic rings. The van der Waals surface area contributed by atoms with Gasteiger partial charge in [-0.3, -0.25) is 14.4 Å². The maximum absolute atomic E-state index is 13.4. The number of nitrogens with zero attached hydrogens (tertiary/aromatic N) is 2. The molecule has 0 fully saturated rings. The van der Waals surface area contributed by atoms with Crippen molar-refractivity contribution in [2.45, 2.75) is 5.75 Å². The second-order valence-electron chi connectivity index (χ2n) is 3.50. The van der Waals surface area contributed by atoms with Crippen molar-refractivity contribution in [2.24, 2.45) is 0 Å². The van der Waals surface area contributed by atoms with Crippen molar-refractivity contribution >= 4 is 33.0 Å². The van der Waals surface area contributed by atoms with Crippen LogP contribution in [-0.2, 0) is 15.8 Å². The molecule has 0 saturated heterocycles. The van der Waals surface area contributed by atoms with Gasteiger partial charge in [0.25, 0.3) is 0 Å². The second kappa shape index (κ2) is 3.54. The fourth-order valence-electron chi connectivity index (χ4n) is 1.74. The van der Waals surface area contributed by atoms with Crippen LogP contribution < -0.4 is 4.31 Å². The first-order chi connectivity index (χ1) is 7.75. The minimum absolute atomic E-state index is 0.0280. The summed E-state index contributed by atoms with van der Waals surface area (Å²) in [5, 5.41) is 10.6. The normalized spacial score (nSPS) is 17.0. The van der Waals surface area contributed by atoms with Gasteiger partial charge in [-0.15, -0.1) is 0 Å². The van der Waals surface area contributed by atoms with Gasteiger partial charge in [0.1, 0.15) is 5.75 Å². The lowest BCUT2D eigenvalue weighted by Gasteiger charge is -2.12. The van der Waals surface area contributed by atoms with Crippen molar-refractivity contribution in [1.82, 2.24) is 0 Å². The Morgan fingerprint density at radius 1 is 1.59 bits per heavy atom. The van der Waals surface area contributed by atoms with E-state index in [1.807, 2.05) is 0 Å². The predicted octanol–water partition coefficient (Wildman–Crippen LogP) is 1.67. The van der Waals surface area contributed by atoms with Gasteiger partial charge < -0.3 is 0 Å². The lowest BCUT2D eigenvalue weighted by molar-refractivity contribution is -0.388. The minimum Gasteiger partial charge on any atom is -0.271 e. The third-order valence-corrected chi connectivity index (χ3v) is 4.48. The maximum Gasteiger partial charge on any atom is 0.311 e. The van der Waals surface area contributed by atoms with Crippen molar-refractivity contribution < 1.29 is 17.7 Å². The SMILES string of the molecule is CN1c2c(Cl)cc(F)c([N+](=O)[O-])c2CS1(=O)=O. The first kappa shape index (κ1) is 12.1. The van der Waals surface area contributed by atoms with Gasteiger partial charge in [-0.05, 0) is 0 Å². The van der Waals surface area contributed by atoms with Gasteiger partial charge >= 0.3 is 5.69 Å². The highest BCUT2D eigenvalue weighted by molar-refractivity contribution is 7.92. The van der Waals surface area contributed by atoms with Crippen molar-refractivity contribution in [3.8, 4) is 0 Å². The third-order valence-electron chi connectivity index (χ3n) is 2.52. The Labute approximate surface area is 101 Å². The fourth-order valence-corrected chi connectivity index (χ4v) is 3.45. The molecular formula is C8H6ClFN2O4S. The Hall–Kier alpha value is -1.41. The second-order valence-corrected chi connectivity index (χ2v) is 5.90. The van der Waals surface area contributed by atoms with Crippen molar-refractivity contribution in [1.29, 1.82) is 0 Å². The molecule has 1 aliphatic heterocycles. The van der Waals surface area contributed by atoms with Gasteiger partial charge in [-0.25, -0.2) is 8.42 Å². The van der Waals surface area contributed by atoms with Crippen LogP contribution in [0.2, 0.25) is 5.02 Å². The van der Waals surface area contributed by atoms with Crippen LogP contribution in [0.3, 0.4) is 0 Å². The molecule has 2 rings (SSSR count). The average Bonchev–Trinajstić information content (AvgIpc) is 2.36. The number of fused-ring (bicyclic) bond motifs is 1. The van der Waals surface area contributed by atoms with E-state index in [1.54, 1.807) is 0 Å². The molecule has 0 radical (unpaired) electrons. The number of anilines is 1. The lowest BCUT2D eigenvalue weighted by atomic mass is 10.1. The highest BCUT2D eigenvalue weighted by Crippen LogP contribution is 2.44. The molecule has 0 atom stereocenters. The van der Waals surface area contributed by atoms with E-state index >= 15 is 0 Å². The quantitative estimate of drug-likeness (QED) is 0.579. The molecule has 0 aliphatic carbocycles. The van der Waals surface area contributed by atoms with Gasteiger partial charge in [0.2, 0.25) is 15.8 Å². The zero-order valence-corrected chi connectivity index (χ0v) is 10.0. The molecule has 0 bridgehead atoms. The van der Waals surface area contributed by atoms with Gasteiger partial charge in [-0.1, -0.05) is 11.6 Å². The highest BCUT2D eigenvalue weighted by atomic mass is 35.5. The minimum atomic E-state index is -3.70. The number of hydrogen-bond acceptors (Lipinski definition) is 4. The van der Waals surface area contributed by atoms with Gasteiger partial charge in [0.05, 0.1) is 21.2 Å². The monoisotopic (exact) mass is 280 g/mol. The van der Waals surface area contributed by atoms with E-state index in [0.29, 0.717) is 0 Å². The van der Waals surface area contributed by atoms with E-state index in [1.165, 1.54) is 7.05 Å². The number of nitro groups is 1. The smallest absolute Gasteiger partial charge is 0.271 e. The molecule has 0 spiro atoms. The molecular weight excluding hydrogens is 275 g/mol. The molecule has 6 nitrogen and oxygen atoms in total. The lowest BCUT2D eigenvalue weighted by Crippen LogP contribution is -2.21. The van der Waals surface area contributed by atoms with Crippen molar-refractivity contribution in [3.05, 3.63) is 32.6 Å². The number of hydrogen-bond donors (Lipinski definition) is 0. The molecule has 1 aromatic carbocycles. The highest BCUT2D eigenvalue weighted by Gasteiger charge is 2.39. The Bertz CT molecular complexity index is 631. The molecule has 0 amide bonds. The molecule has 0 unspecified atom stereocenters. The summed E-state index contributed by atoms with van der Waals surface area (Å²) < 4.78 is 37.4. The van der Waals surface area contributed by atoms with Gasteiger partial charge in [-0.2, -0.15) is 4.39 Å². The largest absolute Gasteiger partial charge is 0.311 e. The number of rotatable bonds is 1. The van der Waals surface area contributed by atoms with Crippen LogP contribution in [0.25, 0.3) is 0 Å². The van der Waals surface area contributed by atoms with Crippen molar-refractivity contribution in [2.75, 3.05) is 11.4 Å². The molecule has 92 valence electrons. The van der Waals surface area contributed by atoms with E-state index in [2.05, 4.69) is 0 Å². The van der Waals surface area contributed by atoms with E-state index in [0.717, 1.165) is 10.4 Å². The van der Waals surface area contributed by atoms with Crippen LogP contribution >= 0.6 is 11.6 Å². The molecule has 9 heteroatoms. The predicted molar refractivity (Wildman–Crippen MR) is 59.1 cm³/mol. The summed E-state index contributed by atoms with van der Waals surface area (Å²) in [6, 6.07) is 0.746. The van der Waals surface area contributed by atoms with Crippen LogP contribution in [0.5, 0.6) is 0 Å². The maximum atomic E-state index is 13.4. The average molecular weight is 281 g/mol. The van der Waals surface area contributed by atoms with Crippen LogP contribution in [-0.4, -0.2) is 20.4 Å². The molecule has 17 heavy (non-hydrogen) atoms. The molecule has 0 N–H and O–H groups in total. The summed E-state index contributed by atoms with van der Waals surface area (Å²) in [4.78, 5) is 9.77. The van der Waals surface area contributed by atoms with E-state index in [4.69, 9.17) is 11.6 Å². The zero-order valence-electron chi connectivity index (χ0n) is 8.48. The molecule has 0 saturated carbocycles. The summed E-state index contributed by atoms with van der Waals surface area (Å²) in [6.45, 7) is 0. The van der Waals surface area contributed by atoms with E-state index < -0.39 is 32.2 Å². The van der Waals surface area contributed by atoms with Crippen LogP contribution in [0.15, 0.2) is 6.07 Å². The van der Waals surface area contributed by atoms with E-state index in [-0.39, 0.29) is 16.3 Å². The Morgan fingerprint density at radius 3 is 2.71 bits per heavy atom. The van der Waals surface area contributed by atoms with Crippen LogP contribution in [0, 0.1) is 15.9 Å².